The lowest BCUT2D eigenvalue weighted by molar-refractivity contribution is 0.0259. The molecule has 8 heteroatoms. The number of amides is 1. The van der Waals surface area contributed by atoms with E-state index in [1.54, 1.807) is 11.0 Å². The predicted octanol–water partition coefficient (Wildman–Crippen LogP) is 2.61. The lowest BCUT2D eigenvalue weighted by Gasteiger charge is -2.36. The van der Waals surface area contributed by atoms with Crippen LogP contribution >= 0.6 is 0 Å². The quantitative estimate of drug-likeness (QED) is 0.856. The molecule has 2 atom stereocenters. The number of rotatable bonds is 4. The van der Waals surface area contributed by atoms with E-state index in [2.05, 4.69) is 21.4 Å². The first-order valence-electron chi connectivity index (χ1n) is 9.80. The first-order chi connectivity index (χ1) is 14.1. The Morgan fingerprint density at radius 1 is 1.24 bits per heavy atom. The SMILES string of the molecule is N#Cc1cccc(N[C@@H]2CCO[C@H]2C2CCN(C(=O)c3ccc(F)cn3)CC2)n1. The molecule has 2 aromatic heterocycles. The number of halogens is 1. The molecule has 2 aromatic rings. The zero-order valence-corrected chi connectivity index (χ0v) is 15.9. The fourth-order valence-electron chi connectivity index (χ4n) is 4.09. The van der Waals surface area contributed by atoms with Crippen molar-refractivity contribution in [1.82, 2.24) is 14.9 Å². The first-order valence-corrected chi connectivity index (χ1v) is 9.80. The van der Waals surface area contributed by atoms with Crippen LogP contribution in [0.15, 0.2) is 36.5 Å². The van der Waals surface area contributed by atoms with E-state index in [0.717, 1.165) is 25.5 Å². The number of likely N-dealkylation sites (tertiary alicyclic amines) is 1. The third-order valence-corrected chi connectivity index (χ3v) is 5.57. The van der Waals surface area contributed by atoms with Crippen molar-refractivity contribution in [2.45, 2.75) is 31.4 Å². The maximum absolute atomic E-state index is 13.0. The number of pyridine rings is 2. The highest BCUT2D eigenvalue weighted by Crippen LogP contribution is 2.31. The van der Waals surface area contributed by atoms with Gasteiger partial charge in [-0.2, -0.15) is 5.26 Å². The Labute approximate surface area is 168 Å². The smallest absolute Gasteiger partial charge is 0.272 e. The summed E-state index contributed by atoms with van der Waals surface area (Å²) in [5.41, 5.74) is 0.650. The summed E-state index contributed by atoms with van der Waals surface area (Å²) in [6.45, 7) is 1.92. The number of nitrogens with one attached hydrogen (secondary N) is 1. The molecule has 2 saturated heterocycles. The number of anilines is 1. The molecule has 2 fully saturated rings. The summed E-state index contributed by atoms with van der Waals surface area (Å²) in [4.78, 5) is 22.5. The summed E-state index contributed by atoms with van der Waals surface area (Å²) in [5, 5.41) is 12.4. The van der Waals surface area contributed by atoms with Crippen LogP contribution in [0.25, 0.3) is 0 Å². The van der Waals surface area contributed by atoms with Gasteiger partial charge in [0.1, 0.15) is 29.1 Å². The Balaban J connectivity index is 1.35. The van der Waals surface area contributed by atoms with Gasteiger partial charge in [0, 0.05) is 19.7 Å². The summed E-state index contributed by atoms with van der Waals surface area (Å²) < 4.78 is 19.0. The Morgan fingerprint density at radius 3 is 2.79 bits per heavy atom. The Bertz CT molecular complexity index is 906. The summed E-state index contributed by atoms with van der Waals surface area (Å²) in [6, 6.07) is 10.2. The van der Waals surface area contributed by atoms with Gasteiger partial charge in [-0.05, 0) is 49.4 Å². The molecule has 2 aliphatic heterocycles. The van der Waals surface area contributed by atoms with Crippen LogP contribution in [0.2, 0.25) is 0 Å². The summed E-state index contributed by atoms with van der Waals surface area (Å²) >= 11 is 0. The van der Waals surface area contributed by atoms with Crippen molar-refractivity contribution in [3.05, 3.63) is 53.7 Å². The molecule has 0 aliphatic carbocycles. The highest BCUT2D eigenvalue weighted by Gasteiger charge is 2.37. The highest BCUT2D eigenvalue weighted by atomic mass is 19.1. The van der Waals surface area contributed by atoms with Gasteiger partial charge < -0.3 is 15.0 Å². The molecule has 1 N–H and O–H groups in total. The number of aromatic nitrogens is 2. The molecule has 1 amide bonds. The molecular formula is C21H22FN5O2. The number of hydrogen-bond donors (Lipinski definition) is 1. The molecule has 4 heterocycles. The minimum atomic E-state index is -0.452. The third-order valence-electron chi connectivity index (χ3n) is 5.57. The van der Waals surface area contributed by atoms with Gasteiger partial charge >= 0.3 is 0 Å². The molecule has 0 saturated carbocycles. The lowest BCUT2D eigenvalue weighted by atomic mass is 9.87. The molecule has 4 rings (SSSR count). The number of carbonyl (C=O) groups is 1. The van der Waals surface area contributed by atoms with Gasteiger partial charge in [-0.1, -0.05) is 6.07 Å². The normalized spacial score (nSPS) is 22.3. The van der Waals surface area contributed by atoms with Crippen molar-refractivity contribution in [2.24, 2.45) is 5.92 Å². The fourth-order valence-corrected chi connectivity index (χ4v) is 4.09. The molecule has 2 aliphatic rings. The molecule has 0 spiro atoms. The van der Waals surface area contributed by atoms with E-state index in [0.29, 0.717) is 37.1 Å². The van der Waals surface area contributed by atoms with Crippen molar-refractivity contribution >= 4 is 11.7 Å². The van der Waals surface area contributed by atoms with Crippen molar-refractivity contribution in [1.29, 1.82) is 5.26 Å². The zero-order chi connectivity index (χ0) is 20.2. The first kappa shape index (κ1) is 19.3. The van der Waals surface area contributed by atoms with E-state index in [4.69, 9.17) is 10.00 Å². The van der Waals surface area contributed by atoms with Crippen LogP contribution in [-0.4, -0.2) is 52.6 Å². The largest absolute Gasteiger partial charge is 0.376 e. The topological polar surface area (TPSA) is 91.1 Å². The molecule has 0 radical (unpaired) electrons. The monoisotopic (exact) mass is 395 g/mol. The minimum Gasteiger partial charge on any atom is -0.376 e. The van der Waals surface area contributed by atoms with Gasteiger partial charge in [-0.3, -0.25) is 4.79 Å². The Kier molecular flexibility index (Phi) is 5.67. The summed E-state index contributed by atoms with van der Waals surface area (Å²) in [7, 11) is 0. The van der Waals surface area contributed by atoms with Crippen molar-refractivity contribution in [3.8, 4) is 6.07 Å². The second-order valence-electron chi connectivity index (χ2n) is 7.39. The van der Waals surface area contributed by atoms with E-state index in [1.165, 1.54) is 12.1 Å². The molecule has 150 valence electrons. The van der Waals surface area contributed by atoms with Crippen LogP contribution in [-0.2, 0) is 4.74 Å². The van der Waals surface area contributed by atoms with E-state index in [9.17, 15) is 9.18 Å². The fraction of sp³-hybridized carbons (Fsp3) is 0.429. The number of ether oxygens (including phenoxy) is 1. The van der Waals surface area contributed by atoms with Gasteiger partial charge in [0.2, 0.25) is 0 Å². The maximum atomic E-state index is 13.0. The number of nitriles is 1. The minimum absolute atomic E-state index is 0.0451. The molecule has 0 aromatic carbocycles. The van der Waals surface area contributed by atoms with Gasteiger partial charge in [0.05, 0.1) is 18.3 Å². The van der Waals surface area contributed by atoms with Crippen LogP contribution in [0.3, 0.4) is 0 Å². The number of hydrogen-bond acceptors (Lipinski definition) is 6. The average molecular weight is 395 g/mol. The van der Waals surface area contributed by atoms with Crippen LogP contribution in [0.4, 0.5) is 10.2 Å². The van der Waals surface area contributed by atoms with Gasteiger partial charge in [-0.15, -0.1) is 0 Å². The predicted molar refractivity (Wildman–Crippen MR) is 104 cm³/mol. The highest BCUT2D eigenvalue weighted by molar-refractivity contribution is 5.92. The van der Waals surface area contributed by atoms with Gasteiger partial charge in [0.15, 0.2) is 0 Å². The van der Waals surface area contributed by atoms with Crippen molar-refractivity contribution in [3.63, 3.8) is 0 Å². The van der Waals surface area contributed by atoms with Crippen molar-refractivity contribution in [2.75, 3.05) is 25.0 Å². The lowest BCUT2D eigenvalue weighted by Crippen LogP contribution is -2.45. The van der Waals surface area contributed by atoms with E-state index in [-0.39, 0.29) is 23.7 Å². The van der Waals surface area contributed by atoms with E-state index < -0.39 is 5.82 Å². The van der Waals surface area contributed by atoms with E-state index >= 15 is 0 Å². The number of carbonyl (C=O) groups excluding carboxylic acids is 1. The molecular weight excluding hydrogens is 373 g/mol. The average Bonchev–Trinajstić information content (AvgIpc) is 3.22. The third kappa shape index (κ3) is 4.35. The number of nitrogens with zero attached hydrogens (tertiary/aromatic N) is 4. The van der Waals surface area contributed by atoms with E-state index in [1.807, 2.05) is 12.1 Å². The van der Waals surface area contributed by atoms with Crippen molar-refractivity contribution < 1.29 is 13.9 Å². The van der Waals surface area contributed by atoms with Gasteiger partial charge in [0.25, 0.3) is 5.91 Å². The Morgan fingerprint density at radius 2 is 2.07 bits per heavy atom. The van der Waals surface area contributed by atoms with Crippen LogP contribution in [0, 0.1) is 23.1 Å². The maximum Gasteiger partial charge on any atom is 0.272 e. The second-order valence-corrected chi connectivity index (χ2v) is 7.39. The van der Waals surface area contributed by atoms with Gasteiger partial charge in [-0.25, -0.2) is 14.4 Å². The van der Waals surface area contributed by atoms with Crippen LogP contribution in [0.1, 0.15) is 35.4 Å². The molecule has 0 unspecified atom stereocenters. The second kappa shape index (κ2) is 8.53. The molecule has 7 nitrogen and oxygen atoms in total. The summed E-state index contributed by atoms with van der Waals surface area (Å²) in [6.07, 6.45) is 3.66. The standard InChI is InChI=1S/C21H22FN5O2/c22-15-4-5-18(24-13-15)21(28)27-9-6-14(7-10-27)20-17(8-11-29-20)26-19-3-1-2-16(12-23)25-19/h1-5,13-14,17,20H,6-11H2,(H,25,26)/t17-,20+/m1/s1. The van der Waals surface area contributed by atoms with Crippen LogP contribution in [0.5, 0.6) is 0 Å². The summed E-state index contributed by atoms with van der Waals surface area (Å²) in [5.74, 6) is 0.397. The Hall–Kier alpha value is -3.05. The number of piperidine rings is 1. The molecule has 0 bridgehead atoms. The molecule has 29 heavy (non-hydrogen) atoms. The zero-order valence-electron chi connectivity index (χ0n) is 15.9. The van der Waals surface area contributed by atoms with Crippen LogP contribution < -0.4 is 5.32 Å².